The Balaban J connectivity index is 2.51. The van der Waals surface area contributed by atoms with E-state index in [1.54, 1.807) is 18.4 Å². The smallest absolute Gasteiger partial charge is 0.191 e. The van der Waals surface area contributed by atoms with E-state index in [0.717, 1.165) is 29.8 Å². The van der Waals surface area contributed by atoms with Gasteiger partial charge in [-0.2, -0.15) is 0 Å². The molecule has 1 heterocycles. The van der Waals surface area contributed by atoms with E-state index in [4.69, 9.17) is 0 Å². The molecule has 0 fully saturated rings. The highest BCUT2D eigenvalue weighted by Crippen LogP contribution is 2.16. The van der Waals surface area contributed by atoms with E-state index in [1.165, 1.54) is 4.88 Å². The van der Waals surface area contributed by atoms with Crippen molar-refractivity contribution in [2.24, 2.45) is 4.99 Å². The van der Waals surface area contributed by atoms with Crippen molar-refractivity contribution in [3.05, 3.63) is 15.6 Å². The van der Waals surface area contributed by atoms with Crippen LogP contribution in [0, 0.1) is 13.8 Å². The van der Waals surface area contributed by atoms with Crippen LogP contribution in [-0.2, 0) is 6.54 Å². The van der Waals surface area contributed by atoms with Gasteiger partial charge in [-0.25, -0.2) is 4.98 Å². The predicted octanol–water partition coefficient (Wildman–Crippen LogP) is 1.77. The van der Waals surface area contributed by atoms with Crippen LogP contribution in [0.3, 0.4) is 0 Å². The number of nitrogens with zero attached hydrogens (tertiary/aromatic N) is 3. The Morgan fingerprint density at radius 1 is 1.30 bits per heavy atom. The minimum atomic E-state index is 0.0780. The van der Waals surface area contributed by atoms with Gasteiger partial charge in [0.2, 0.25) is 0 Å². The highest BCUT2D eigenvalue weighted by molar-refractivity contribution is 7.11. The summed E-state index contributed by atoms with van der Waals surface area (Å²) in [7, 11) is 5.96. The van der Waals surface area contributed by atoms with Crippen molar-refractivity contribution >= 4 is 17.3 Å². The third-order valence-electron chi connectivity index (χ3n) is 3.54. The van der Waals surface area contributed by atoms with Crippen LogP contribution in [0.2, 0.25) is 0 Å². The molecule has 20 heavy (non-hydrogen) atoms. The lowest BCUT2D eigenvalue weighted by atomic mass is 10.0. The van der Waals surface area contributed by atoms with Gasteiger partial charge in [-0.15, -0.1) is 11.3 Å². The summed E-state index contributed by atoms with van der Waals surface area (Å²) in [5.74, 6) is 0.824. The van der Waals surface area contributed by atoms with Crippen molar-refractivity contribution < 1.29 is 0 Å². The number of aryl methyl sites for hydroxylation is 2. The van der Waals surface area contributed by atoms with Gasteiger partial charge in [0.1, 0.15) is 0 Å². The van der Waals surface area contributed by atoms with E-state index >= 15 is 0 Å². The van der Waals surface area contributed by atoms with Crippen LogP contribution in [-0.4, -0.2) is 49.1 Å². The van der Waals surface area contributed by atoms with E-state index in [9.17, 15) is 0 Å². The Bertz CT molecular complexity index is 462. The first-order valence-electron chi connectivity index (χ1n) is 6.81. The van der Waals surface area contributed by atoms with Crippen LogP contribution in [0.15, 0.2) is 4.99 Å². The average molecular weight is 297 g/mol. The third-order valence-corrected chi connectivity index (χ3v) is 4.61. The molecule has 1 aromatic rings. The molecule has 2 N–H and O–H groups in total. The third kappa shape index (κ3) is 4.76. The van der Waals surface area contributed by atoms with Gasteiger partial charge in [0.25, 0.3) is 0 Å². The van der Waals surface area contributed by atoms with Gasteiger partial charge in [-0.3, -0.25) is 4.99 Å². The molecule has 0 bridgehead atoms. The van der Waals surface area contributed by atoms with Crippen molar-refractivity contribution in [1.29, 1.82) is 0 Å². The van der Waals surface area contributed by atoms with Gasteiger partial charge < -0.3 is 15.5 Å². The second-order valence-electron chi connectivity index (χ2n) is 5.73. The highest BCUT2D eigenvalue weighted by atomic mass is 32.1. The Hall–Kier alpha value is -1.14. The SMILES string of the molecule is CN=C(NCc1sc(C)nc1C)NCC(C)(C)N(C)C. The van der Waals surface area contributed by atoms with Crippen molar-refractivity contribution in [2.45, 2.75) is 39.8 Å². The molecule has 0 saturated carbocycles. The van der Waals surface area contributed by atoms with Gasteiger partial charge in [-0.1, -0.05) is 0 Å². The maximum atomic E-state index is 4.43. The number of aliphatic imine (C=N–C) groups is 1. The van der Waals surface area contributed by atoms with Gasteiger partial charge in [0.15, 0.2) is 5.96 Å². The first-order valence-corrected chi connectivity index (χ1v) is 7.63. The zero-order chi connectivity index (χ0) is 15.3. The van der Waals surface area contributed by atoms with Crippen LogP contribution in [0.25, 0.3) is 0 Å². The first kappa shape index (κ1) is 16.9. The number of aromatic nitrogens is 1. The summed E-state index contributed by atoms with van der Waals surface area (Å²) < 4.78 is 0. The molecular formula is C14H27N5S. The summed E-state index contributed by atoms with van der Waals surface area (Å²) in [6.07, 6.45) is 0. The molecule has 0 amide bonds. The monoisotopic (exact) mass is 297 g/mol. The fourth-order valence-corrected chi connectivity index (χ4v) is 2.46. The standard InChI is InChI=1S/C14H27N5S/c1-10-12(20-11(2)18-10)8-16-13(15-5)17-9-14(3,4)19(6)7/h8-9H2,1-7H3,(H2,15,16,17). The topological polar surface area (TPSA) is 52.6 Å². The summed E-state index contributed by atoms with van der Waals surface area (Å²) in [4.78, 5) is 12.2. The molecule has 0 saturated heterocycles. The summed E-state index contributed by atoms with van der Waals surface area (Å²) in [6.45, 7) is 10.1. The predicted molar refractivity (Wildman–Crippen MR) is 87.6 cm³/mol. The summed E-state index contributed by atoms with van der Waals surface area (Å²) in [5.41, 5.74) is 1.18. The van der Waals surface area contributed by atoms with Crippen molar-refractivity contribution in [3.8, 4) is 0 Å². The molecular weight excluding hydrogens is 270 g/mol. The van der Waals surface area contributed by atoms with Crippen molar-refractivity contribution in [2.75, 3.05) is 27.7 Å². The molecule has 0 aliphatic rings. The van der Waals surface area contributed by atoms with Crippen molar-refractivity contribution in [1.82, 2.24) is 20.5 Å². The zero-order valence-corrected chi connectivity index (χ0v) is 14.5. The molecule has 114 valence electrons. The van der Waals surface area contributed by atoms with Crippen molar-refractivity contribution in [3.63, 3.8) is 0 Å². The zero-order valence-electron chi connectivity index (χ0n) is 13.7. The van der Waals surface area contributed by atoms with Gasteiger partial charge in [0, 0.05) is 24.0 Å². The molecule has 0 aromatic carbocycles. The van der Waals surface area contributed by atoms with E-state index in [2.05, 4.69) is 53.5 Å². The molecule has 1 aromatic heterocycles. The molecule has 1 rings (SSSR count). The summed E-state index contributed by atoms with van der Waals surface area (Å²) >= 11 is 1.73. The van der Waals surface area contributed by atoms with Crippen LogP contribution < -0.4 is 10.6 Å². The minimum absolute atomic E-state index is 0.0780. The molecule has 5 nitrogen and oxygen atoms in total. The second-order valence-corrected chi connectivity index (χ2v) is 7.02. The Labute approximate surface area is 126 Å². The van der Waals surface area contributed by atoms with Gasteiger partial charge in [-0.05, 0) is 41.8 Å². The molecule has 0 aliphatic heterocycles. The Morgan fingerprint density at radius 2 is 1.95 bits per heavy atom. The number of rotatable bonds is 5. The Kier molecular flexibility index (Phi) is 5.95. The van der Waals surface area contributed by atoms with Crippen LogP contribution >= 0.6 is 11.3 Å². The highest BCUT2D eigenvalue weighted by Gasteiger charge is 2.20. The molecule has 0 unspecified atom stereocenters. The average Bonchev–Trinajstić information content (AvgIpc) is 2.68. The lowest BCUT2D eigenvalue weighted by Crippen LogP contribution is -2.50. The van der Waals surface area contributed by atoms with E-state index in [0.29, 0.717) is 0 Å². The number of thiazole rings is 1. The molecule has 0 aliphatic carbocycles. The largest absolute Gasteiger partial charge is 0.355 e. The quantitative estimate of drug-likeness (QED) is 0.642. The maximum Gasteiger partial charge on any atom is 0.191 e. The fraction of sp³-hybridized carbons (Fsp3) is 0.714. The summed E-state index contributed by atoms with van der Waals surface area (Å²) in [6, 6.07) is 0. The lowest BCUT2D eigenvalue weighted by Gasteiger charge is -2.33. The molecule has 6 heteroatoms. The molecule has 0 atom stereocenters. The minimum Gasteiger partial charge on any atom is -0.355 e. The number of nitrogens with one attached hydrogen (secondary N) is 2. The van der Waals surface area contributed by atoms with Crippen LogP contribution in [0.1, 0.15) is 29.4 Å². The lowest BCUT2D eigenvalue weighted by molar-refractivity contribution is 0.197. The Morgan fingerprint density at radius 3 is 2.40 bits per heavy atom. The number of hydrogen-bond acceptors (Lipinski definition) is 4. The first-order chi connectivity index (χ1) is 9.26. The van der Waals surface area contributed by atoms with Gasteiger partial charge >= 0.3 is 0 Å². The molecule has 0 radical (unpaired) electrons. The van der Waals surface area contributed by atoms with Crippen LogP contribution in [0.5, 0.6) is 0 Å². The number of guanidine groups is 1. The van der Waals surface area contributed by atoms with E-state index in [1.807, 2.05) is 13.8 Å². The van der Waals surface area contributed by atoms with Gasteiger partial charge in [0.05, 0.1) is 17.2 Å². The number of hydrogen-bond donors (Lipinski definition) is 2. The summed E-state index contributed by atoms with van der Waals surface area (Å²) in [5, 5.41) is 7.82. The fourth-order valence-electron chi connectivity index (χ4n) is 1.58. The second kappa shape index (κ2) is 7.04. The van der Waals surface area contributed by atoms with Crippen LogP contribution in [0.4, 0.5) is 0 Å². The number of likely N-dealkylation sites (N-methyl/N-ethyl adjacent to an activating group) is 1. The maximum absolute atomic E-state index is 4.43. The molecule has 0 spiro atoms. The van der Waals surface area contributed by atoms with E-state index in [-0.39, 0.29) is 5.54 Å². The normalized spacial score (nSPS) is 12.9. The van der Waals surface area contributed by atoms with E-state index < -0.39 is 0 Å².